The van der Waals surface area contributed by atoms with Crippen LogP contribution in [0.2, 0.25) is 0 Å². The third-order valence-corrected chi connectivity index (χ3v) is 4.09. The van der Waals surface area contributed by atoms with E-state index in [4.69, 9.17) is 10.5 Å². The molecule has 4 amide bonds. The Kier molecular flexibility index (Phi) is 8.21. The molecule has 1 aliphatic rings. The van der Waals surface area contributed by atoms with Crippen molar-refractivity contribution in [3.8, 4) is 0 Å². The molecule has 0 bridgehead atoms. The van der Waals surface area contributed by atoms with Crippen molar-refractivity contribution in [2.24, 2.45) is 5.73 Å². The highest BCUT2D eigenvalue weighted by Crippen LogP contribution is 2.18. The van der Waals surface area contributed by atoms with Crippen molar-refractivity contribution < 1.29 is 23.9 Å². The highest BCUT2D eigenvalue weighted by Gasteiger charge is 2.38. The van der Waals surface area contributed by atoms with E-state index in [-0.39, 0.29) is 13.1 Å². The predicted molar refractivity (Wildman–Crippen MR) is 104 cm³/mol. The Morgan fingerprint density at radius 1 is 1.32 bits per heavy atom. The summed E-state index contributed by atoms with van der Waals surface area (Å²) < 4.78 is 5.23. The Hall–Kier alpha value is -2.84. The average Bonchev–Trinajstić information content (AvgIpc) is 3.07. The SMILES string of the molecule is C=CCN(C[C@H](NC(=O)OC(C)(C)C)C(=O)N1CCCC1C(N)=O)C(=O)C=C. The highest BCUT2D eigenvalue weighted by atomic mass is 16.6. The number of hydrogen-bond acceptors (Lipinski definition) is 5. The number of ether oxygens (including phenoxy) is 1. The maximum absolute atomic E-state index is 13.1. The summed E-state index contributed by atoms with van der Waals surface area (Å²) in [6.07, 6.45) is 2.90. The number of primary amides is 1. The van der Waals surface area contributed by atoms with Crippen LogP contribution in [0.4, 0.5) is 4.79 Å². The number of likely N-dealkylation sites (tertiary alicyclic amines) is 1. The number of hydrogen-bond donors (Lipinski definition) is 2. The van der Waals surface area contributed by atoms with Crippen molar-refractivity contribution in [3.05, 3.63) is 25.3 Å². The molecular formula is C19H30N4O5. The van der Waals surface area contributed by atoms with Crippen LogP contribution in [0.3, 0.4) is 0 Å². The van der Waals surface area contributed by atoms with Crippen LogP contribution in [0.25, 0.3) is 0 Å². The Morgan fingerprint density at radius 2 is 1.96 bits per heavy atom. The van der Waals surface area contributed by atoms with Crippen LogP contribution in [0, 0.1) is 0 Å². The molecule has 1 heterocycles. The van der Waals surface area contributed by atoms with Gasteiger partial charge in [-0.3, -0.25) is 14.4 Å². The van der Waals surface area contributed by atoms with Gasteiger partial charge >= 0.3 is 6.09 Å². The monoisotopic (exact) mass is 394 g/mol. The third kappa shape index (κ3) is 6.71. The first kappa shape index (κ1) is 23.2. The molecule has 0 spiro atoms. The van der Waals surface area contributed by atoms with Crippen molar-refractivity contribution in [2.75, 3.05) is 19.6 Å². The summed E-state index contributed by atoms with van der Waals surface area (Å²) in [5, 5.41) is 2.51. The van der Waals surface area contributed by atoms with Crippen molar-refractivity contribution in [3.63, 3.8) is 0 Å². The van der Waals surface area contributed by atoms with Gasteiger partial charge in [0.1, 0.15) is 17.7 Å². The number of nitrogens with zero attached hydrogens (tertiary/aromatic N) is 2. The molecule has 0 saturated carbocycles. The molecule has 1 unspecified atom stereocenters. The fourth-order valence-electron chi connectivity index (χ4n) is 2.92. The van der Waals surface area contributed by atoms with E-state index in [0.29, 0.717) is 19.4 Å². The number of rotatable bonds is 8. The zero-order valence-corrected chi connectivity index (χ0v) is 16.8. The zero-order valence-electron chi connectivity index (χ0n) is 16.8. The molecule has 1 fully saturated rings. The molecule has 2 atom stereocenters. The second kappa shape index (κ2) is 9.91. The predicted octanol–water partition coefficient (Wildman–Crippen LogP) is 0.557. The highest BCUT2D eigenvalue weighted by molar-refractivity contribution is 5.92. The number of carbonyl (C=O) groups is 4. The van der Waals surface area contributed by atoms with E-state index in [1.807, 2.05) is 0 Å². The standard InChI is InChI=1S/C19H30N4O5/c1-6-10-22(15(24)7-2)12-13(21-18(27)28-19(3,4)5)17(26)23-11-8-9-14(23)16(20)25/h6-7,13-14H,1-2,8-12H2,3-5H3,(H2,20,25)(H,21,27)/t13-,14?/m0/s1. The van der Waals surface area contributed by atoms with Gasteiger partial charge in [-0.1, -0.05) is 12.7 Å². The summed E-state index contributed by atoms with van der Waals surface area (Å²) >= 11 is 0. The molecular weight excluding hydrogens is 364 g/mol. The minimum Gasteiger partial charge on any atom is -0.444 e. The van der Waals surface area contributed by atoms with Crippen LogP contribution in [0.15, 0.2) is 25.3 Å². The molecule has 0 aromatic rings. The van der Waals surface area contributed by atoms with Crippen LogP contribution < -0.4 is 11.1 Å². The molecule has 1 saturated heterocycles. The van der Waals surface area contributed by atoms with Crippen molar-refractivity contribution in [1.29, 1.82) is 0 Å². The molecule has 0 aromatic carbocycles. The Labute approximate surface area is 165 Å². The zero-order chi connectivity index (χ0) is 21.5. The molecule has 1 rings (SSSR count). The number of nitrogens with two attached hydrogens (primary N) is 1. The molecule has 156 valence electrons. The first-order valence-electron chi connectivity index (χ1n) is 9.11. The summed E-state index contributed by atoms with van der Waals surface area (Å²) in [5.41, 5.74) is 4.63. The van der Waals surface area contributed by atoms with Gasteiger partial charge in [0.05, 0.1) is 6.54 Å². The number of carbonyl (C=O) groups excluding carboxylic acids is 4. The quantitative estimate of drug-likeness (QED) is 0.460. The van der Waals surface area contributed by atoms with Gasteiger partial charge in [-0.2, -0.15) is 0 Å². The minimum absolute atomic E-state index is 0.128. The van der Waals surface area contributed by atoms with Crippen LogP contribution in [-0.4, -0.2) is 70.9 Å². The summed E-state index contributed by atoms with van der Waals surface area (Å²) in [6, 6.07) is -1.85. The maximum atomic E-state index is 13.1. The van der Waals surface area contributed by atoms with Gasteiger partial charge in [0, 0.05) is 13.1 Å². The van der Waals surface area contributed by atoms with Crippen LogP contribution >= 0.6 is 0 Å². The van der Waals surface area contributed by atoms with Crippen molar-refractivity contribution in [1.82, 2.24) is 15.1 Å². The van der Waals surface area contributed by atoms with Gasteiger partial charge in [-0.05, 0) is 39.7 Å². The lowest BCUT2D eigenvalue weighted by Gasteiger charge is -2.31. The van der Waals surface area contributed by atoms with Gasteiger partial charge in [-0.25, -0.2) is 4.79 Å². The van der Waals surface area contributed by atoms with Crippen LogP contribution in [0.5, 0.6) is 0 Å². The van der Waals surface area contributed by atoms with E-state index < -0.39 is 41.5 Å². The Morgan fingerprint density at radius 3 is 2.46 bits per heavy atom. The van der Waals surface area contributed by atoms with Gasteiger partial charge in [0.25, 0.3) is 0 Å². The largest absolute Gasteiger partial charge is 0.444 e. The summed E-state index contributed by atoms with van der Waals surface area (Å²) in [7, 11) is 0. The van der Waals surface area contributed by atoms with E-state index in [2.05, 4.69) is 18.5 Å². The second-order valence-corrected chi connectivity index (χ2v) is 7.53. The van der Waals surface area contributed by atoms with E-state index >= 15 is 0 Å². The fraction of sp³-hybridized carbons (Fsp3) is 0.579. The molecule has 28 heavy (non-hydrogen) atoms. The maximum Gasteiger partial charge on any atom is 0.408 e. The fourth-order valence-corrected chi connectivity index (χ4v) is 2.92. The topological polar surface area (TPSA) is 122 Å². The second-order valence-electron chi connectivity index (χ2n) is 7.53. The number of amides is 4. The minimum atomic E-state index is -1.11. The summed E-state index contributed by atoms with van der Waals surface area (Å²) in [6.45, 7) is 12.5. The van der Waals surface area contributed by atoms with E-state index in [0.717, 1.165) is 6.08 Å². The van der Waals surface area contributed by atoms with Crippen molar-refractivity contribution in [2.45, 2.75) is 51.3 Å². The Bertz CT molecular complexity index is 641. The summed E-state index contributed by atoms with van der Waals surface area (Å²) in [4.78, 5) is 51.7. The molecule has 0 radical (unpaired) electrons. The lowest BCUT2D eigenvalue weighted by atomic mass is 10.1. The first-order valence-corrected chi connectivity index (χ1v) is 9.11. The normalized spacial score (nSPS) is 17.4. The van der Waals surface area contributed by atoms with Crippen LogP contribution in [0.1, 0.15) is 33.6 Å². The van der Waals surface area contributed by atoms with E-state index in [1.165, 1.54) is 15.9 Å². The van der Waals surface area contributed by atoms with E-state index in [1.54, 1.807) is 20.8 Å². The Balaban J connectivity index is 3.07. The van der Waals surface area contributed by atoms with Crippen molar-refractivity contribution >= 4 is 23.8 Å². The lowest BCUT2D eigenvalue weighted by molar-refractivity contribution is -0.140. The molecule has 0 aromatic heterocycles. The number of nitrogens with one attached hydrogen (secondary N) is 1. The molecule has 1 aliphatic heterocycles. The lowest BCUT2D eigenvalue weighted by Crippen LogP contribution is -2.57. The van der Waals surface area contributed by atoms with Gasteiger partial charge in [0.2, 0.25) is 17.7 Å². The summed E-state index contributed by atoms with van der Waals surface area (Å²) in [5.74, 6) is -1.53. The van der Waals surface area contributed by atoms with Crippen LogP contribution in [-0.2, 0) is 19.1 Å². The molecule has 9 heteroatoms. The van der Waals surface area contributed by atoms with E-state index in [9.17, 15) is 19.2 Å². The smallest absolute Gasteiger partial charge is 0.408 e. The molecule has 9 nitrogen and oxygen atoms in total. The first-order chi connectivity index (χ1) is 13.0. The van der Waals surface area contributed by atoms with Gasteiger partial charge in [0.15, 0.2) is 0 Å². The van der Waals surface area contributed by atoms with Gasteiger partial charge in [-0.15, -0.1) is 6.58 Å². The average molecular weight is 394 g/mol. The third-order valence-electron chi connectivity index (χ3n) is 4.09. The number of alkyl carbamates (subject to hydrolysis) is 1. The molecule has 3 N–H and O–H groups in total. The van der Waals surface area contributed by atoms with Gasteiger partial charge < -0.3 is 25.6 Å². The molecule has 0 aliphatic carbocycles.